The Hall–Kier alpha value is -2.71. The van der Waals surface area contributed by atoms with Crippen molar-refractivity contribution in [2.45, 2.75) is 64.2 Å². The lowest BCUT2D eigenvalue weighted by atomic mass is 9.99. The molecule has 1 aromatic rings. The Balaban J connectivity index is 1.78. The van der Waals surface area contributed by atoms with Crippen LogP contribution in [0.15, 0.2) is 36.4 Å². The van der Waals surface area contributed by atoms with Crippen LogP contribution in [0.1, 0.15) is 74.6 Å². The SMILES string of the molecule is NCCN(C[C@@H]1CC=CCCC1)C(=O)c1ccc(NC(=O)CCCCCCC(=O)NO)cc1. The zero-order valence-electron chi connectivity index (χ0n) is 19.4. The van der Waals surface area contributed by atoms with Crippen molar-refractivity contribution in [1.29, 1.82) is 0 Å². The van der Waals surface area contributed by atoms with Crippen LogP contribution in [0, 0.1) is 5.92 Å². The molecule has 0 heterocycles. The maximum absolute atomic E-state index is 13.0. The number of allylic oxidation sites excluding steroid dienone is 2. The minimum absolute atomic E-state index is 0.0265. The molecule has 0 saturated heterocycles. The average Bonchev–Trinajstić information content (AvgIpc) is 3.09. The molecular formula is C25H38N4O4. The van der Waals surface area contributed by atoms with E-state index in [1.807, 2.05) is 4.90 Å². The molecule has 3 amide bonds. The van der Waals surface area contributed by atoms with Gasteiger partial charge < -0.3 is 16.0 Å². The summed E-state index contributed by atoms with van der Waals surface area (Å²) in [5.74, 6) is -0.0261. The summed E-state index contributed by atoms with van der Waals surface area (Å²) >= 11 is 0. The molecular weight excluding hydrogens is 420 g/mol. The monoisotopic (exact) mass is 458 g/mol. The number of nitrogens with zero attached hydrogens (tertiary/aromatic N) is 1. The van der Waals surface area contributed by atoms with Gasteiger partial charge in [0, 0.05) is 43.7 Å². The average molecular weight is 459 g/mol. The van der Waals surface area contributed by atoms with Gasteiger partial charge in [-0.3, -0.25) is 19.6 Å². The number of nitrogens with two attached hydrogens (primary N) is 1. The van der Waals surface area contributed by atoms with Crippen molar-refractivity contribution in [2.75, 3.05) is 25.0 Å². The van der Waals surface area contributed by atoms with Crippen molar-refractivity contribution in [3.8, 4) is 0 Å². The van der Waals surface area contributed by atoms with Gasteiger partial charge in [-0.25, -0.2) is 5.48 Å². The second-order valence-electron chi connectivity index (χ2n) is 8.62. The number of hydrogen-bond acceptors (Lipinski definition) is 5. The lowest BCUT2D eigenvalue weighted by molar-refractivity contribution is -0.129. The first kappa shape index (κ1) is 26.5. The molecule has 1 aliphatic rings. The van der Waals surface area contributed by atoms with Crippen molar-refractivity contribution < 1.29 is 19.6 Å². The van der Waals surface area contributed by atoms with E-state index in [0.717, 1.165) is 44.9 Å². The van der Waals surface area contributed by atoms with E-state index in [9.17, 15) is 14.4 Å². The first-order valence-corrected chi connectivity index (χ1v) is 12.0. The third-order valence-corrected chi connectivity index (χ3v) is 5.88. The Morgan fingerprint density at radius 1 is 1.00 bits per heavy atom. The van der Waals surface area contributed by atoms with Crippen LogP contribution in [0.4, 0.5) is 5.69 Å². The molecule has 0 unspecified atom stereocenters. The van der Waals surface area contributed by atoms with Gasteiger partial charge >= 0.3 is 0 Å². The van der Waals surface area contributed by atoms with Crippen molar-refractivity contribution >= 4 is 23.4 Å². The summed E-state index contributed by atoms with van der Waals surface area (Å²) in [5.41, 5.74) is 8.63. The second-order valence-corrected chi connectivity index (χ2v) is 8.62. The highest BCUT2D eigenvalue weighted by Crippen LogP contribution is 2.21. The second kappa shape index (κ2) is 15.2. The first-order chi connectivity index (χ1) is 16.0. The lowest BCUT2D eigenvalue weighted by Gasteiger charge is -2.27. The molecule has 8 heteroatoms. The fourth-order valence-electron chi connectivity index (χ4n) is 4.04. The Morgan fingerprint density at radius 2 is 1.70 bits per heavy atom. The minimum atomic E-state index is -0.387. The molecule has 1 aromatic carbocycles. The van der Waals surface area contributed by atoms with E-state index in [2.05, 4.69) is 17.5 Å². The molecule has 0 spiro atoms. The number of hydrogen-bond donors (Lipinski definition) is 4. The quantitative estimate of drug-likeness (QED) is 0.155. The number of rotatable bonds is 13. The van der Waals surface area contributed by atoms with Gasteiger partial charge in [0.25, 0.3) is 5.91 Å². The van der Waals surface area contributed by atoms with Gasteiger partial charge in [-0.2, -0.15) is 0 Å². The summed E-state index contributed by atoms with van der Waals surface area (Å²) in [6, 6.07) is 7.02. The fraction of sp³-hybridized carbons (Fsp3) is 0.560. The predicted molar refractivity (Wildman–Crippen MR) is 129 cm³/mol. The number of unbranched alkanes of at least 4 members (excludes halogenated alkanes) is 3. The van der Waals surface area contributed by atoms with E-state index in [1.165, 1.54) is 0 Å². The normalized spacial score (nSPS) is 15.5. The minimum Gasteiger partial charge on any atom is -0.337 e. The van der Waals surface area contributed by atoms with Crippen molar-refractivity contribution in [1.82, 2.24) is 10.4 Å². The van der Waals surface area contributed by atoms with Crippen LogP contribution in [0.25, 0.3) is 0 Å². The van der Waals surface area contributed by atoms with Crippen LogP contribution < -0.4 is 16.5 Å². The third kappa shape index (κ3) is 10.2. The Morgan fingerprint density at radius 3 is 2.36 bits per heavy atom. The number of carbonyl (C=O) groups excluding carboxylic acids is 3. The summed E-state index contributed by atoms with van der Waals surface area (Å²) in [5, 5.41) is 11.3. The largest absolute Gasteiger partial charge is 0.337 e. The number of benzene rings is 1. The van der Waals surface area contributed by atoms with Gasteiger partial charge in [-0.15, -0.1) is 0 Å². The maximum Gasteiger partial charge on any atom is 0.253 e. The molecule has 0 fully saturated rings. The summed E-state index contributed by atoms with van der Waals surface area (Å²) in [6.45, 7) is 1.67. The van der Waals surface area contributed by atoms with Crippen molar-refractivity contribution in [3.05, 3.63) is 42.0 Å². The highest BCUT2D eigenvalue weighted by atomic mass is 16.5. The maximum atomic E-state index is 13.0. The predicted octanol–water partition coefficient (Wildman–Crippen LogP) is 3.62. The van der Waals surface area contributed by atoms with Gasteiger partial charge in [0.2, 0.25) is 11.8 Å². The van der Waals surface area contributed by atoms with Crippen LogP contribution in [-0.2, 0) is 9.59 Å². The fourth-order valence-corrected chi connectivity index (χ4v) is 4.04. The van der Waals surface area contributed by atoms with Gasteiger partial charge in [-0.1, -0.05) is 25.0 Å². The van der Waals surface area contributed by atoms with Crippen LogP contribution >= 0.6 is 0 Å². The zero-order chi connectivity index (χ0) is 23.9. The van der Waals surface area contributed by atoms with Gasteiger partial charge in [-0.05, 0) is 68.7 Å². The summed E-state index contributed by atoms with van der Waals surface area (Å²) in [4.78, 5) is 38.0. The Labute approximate surface area is 196 Å². The van der Waals surface area contributed by atoms with E-state index in [-0.39, 0.29) is 24.1 Å². The third-order valence-electron chi connectivity index (χ3n) is 5.88. The van der Waals surface area contributed by atoms with Gasteiger partial charge in [0.1, 0.15) is 0 Å². The number of carbonyl (C=O) groups is 3. The first-order valence-electron chi connectivity index (χ1n) is 12.0. The summed E-state index contributed by atoms with van der Waals surface area (Å²) < 4.78 is 0. The Bertz CT molecular complexity index is 779. The molecule has 2 rings (SSSR count). The Kier molecular flexibility index (Phi) is 12.2. The molecule has 0 aliphatic heterocycles. The van der Waals surface area contributed by atoms with Gasteiger partial charge in [0.05, 0.1) is 0 Å². The number of nitrogens with one attached hydrogen (secondary N) is 2. The molecule has 0 aromatic heterocycles. The topological polar surface area (TPSA) is 125 Å². The van der Waals surface area contributed by atoms with Crippen molar-refractivity contribution in [2.24, 2.45) is 11.7 Å². The van der Waals surface area contributed by atoms with E-state index in [4.69, 9.17) is 10.9 Å². The van der Waals surface area contributed by atoms with Crippen LogP contribution in [0.5, 0.6) is 0 Å². The molecule has 0 bridgehead atoms. The standard InChI is InChI=1S/C25H38N4O4/c26-17-18-29(19-20-9-5-1-2-6-10-20)25(32)21-13-15-22(16-14-21)27-23(30)11-7-3-4-8-12-24(31)28-33/h1,5,13-16,20,33H,2-4,6-12,17-19,26H2,(H,27,30)(H,28,31)/t20-/m1/s1. The van der Waals surface area contributed by atoms with Crippen LogP contribution in [0.3, 0.4) is 0 Å². The van der Waals surface area contributed by atoms with Crippen LogP contribution in [0.2, 0.25) is 0 Å². The number of hydroxylamine groups is 1. The molecule has 1 atom stereocenters. The smallest absolute Gasteiger partial charge is 0.253 e. The molecule has 0 radical (unpaired) electrons. The van der Waals surface area contributed by atoms with Gasteiger partial charge in [0.15, 0.2) is 0 Å². The molecule has 8 nitrogen and oxygen atoms in total. The van der Waals surface area contributed by atoms with Crippen LogP contribution in [-0.4, -0.2) is 47.5 Å². The van der Waals surface area contributed by atoms with Crippen molar-refractivity contribution in [3.63, 3.8) is 0 Å². The molecule has 33 heavy (non-hydrogen) atoms. The van der Waals surface area contributed by atoms with E-state index < -0.39 is 0 Å². The molecule has 5 N–H and O–H groups in total. The van der Waals surface area contributed by atoms with E-state index in [1.54, 1.807) is 29.7 Å². The zero-order valence-corrected chi connectivity index (χ0v) is 19.4. The molecule has 1 aliphatic carbocycles. The number of anilines is 1. The summed E-state index contributed by atoms with van der Waals surface area (Å²) in [6.07, 6.45) is 12.6. The molecule has 0 saturated carbocycles. The van der Waals surface area contributed by atoms with E-state index in [0.29, 0.717) is 49.6 Å². The molecule has 182 valence electrons. The summed E-state index contributed by atoms with van der Waals surface area (Å²) in [7, 11) is 0. The number of amides is 3. The van der Waals surface area contributed by atoms with E-state index >= 15 is 0 Å². The highest BCUT2D eigenvalue weighted by molar-refractivity contribution is 5.95. The lowest BCUT2D eigenvalue weighted by Crippen LogP contribution is -2.38. The highest BCUT2D eigenvalue weighted by Gasteiger charge is 2.20.